The number of amides is 6. The zero-order valence-electron chi connectivity index (χ0n) is 60.8. The summed E-state index contributed by atoms with van der Waals surface area (Å²) in [6, 6.07) is -3.49. The van der Waals surface area contributed by atoms with E-state index in [0.717, 1.165) is 55.4 Å². The van der Waals surface area contributed by atoms with Crippen LogP contribution in [0.2, 0.25) is 0 Å². The number of nitrogens with one attached hydrogen (secondary N) is 6. The van der Waals surface area contributed by atoms with Crippen LogP contribution in [-0.2, 0) is 143 Å². The Labute approximate surface area is 598 Å². The Kier molecular flexibility index (Phi) is 41.4. The monoisotopic (exact) mass is 1480 g/mol. The largest absolute Gasteiger partial charge is 0.463 e. The van der Waals surface area contributed by atoms with Gasteiger partial charge in [-0.15, -0.1) is 0 Å². The molecule has 0 saturated carbocycles. The van der Waals surface area contributed by atoms with Crippen LogP contribution in [0.1, 0.15) is 160 Å². The van der Waals surface area contributed by atoms with Crippen LogP contribution in [0.5, 0.6) is 0 Å². The molecular formula is C66H105N7O30. The summed E-state index contributed by atoms with van der Waals surface area (Å²) in [5.74, 6) is -8.91. The zero-order chi connectivity index (χ0) is 76.7. The maximum atomic E-state index is 13.9. The van der Waals surface area contributed by atoms with E-state index in [1.165, 1.54) is 27.7 Å². The molecule has 103 heavy (non-hydrogen) atoms. The Hall–Kier alpha value is -8.23. The van der Waals surface area contributed by atoms with Gasteiger partial charge in [0.15, 0.2) is 55.5 Å². The maximum absolute atomic E-state index is 13.9. The van der Waals surface area contributed by atoms with Gasteiger partial charge in [0.25, 0.3) is 0 Å². The van der Waals surface area contributed by atoms with E-state index >= 15 is 0 Å². The fourth-order valence-corrected chi connectivity index (χ4v) is 11.2. The van der Waals surface area contributed by atoms with Gasteiger partial charge in [0.1, 0.15) is 56.3 Å². The van der Waals surface area contributed by atoms with Crippen LogP contribution in [0.25, 0.3) is 0 Å². The minimum absolute atomic E-state index is 0.00663. The van der Waals surface area contributed by atoms with Gasteiger partial charge >= 0.3 is 53.7 Å². The van der Waals surface area contributed by atoms with Gasteiger partial charge in [-0.2, -0.15) is 0 Å². The molecular weight excluding hydrogens is 1370 g/mol. The standard InChI is InChI=1S/C66H105N7O30/c1-37(74)70-55-61(98-46(10)83)58(95-43(7)80)49(34-92-40(4)77)101-64(55)89-31-16-13-22-52(86)68-27-19-25-67-26-20-29-73(54(88)24-15-18-33-91-66-57(72-39(3)76)63(100-48(12)85)60(97-45(9)82)51(103-66)36-94-42(6)79)30-21-28-69-53(87)23-14-17-32-90-65-56(71-38(2)75)62(99-47(11)84)59(96-44(8)81)50(102-65)35-93-41(5)78/h49-51,55-67H,13-36H2,1-12H3,(H,68,86)(H,69,87)(H,70,74)(H,71,75)(H,72,76)/t49?,50?,51?,55?,56?,57?,58-,59-,60-,61?,62?,63?,64+,65+,66+/m0/s1. The van der Waals surface area contributed by atoms with Crippen molar-refractivity contribution < 1.29 is 143 Å². The third-order valence-electron chi connectivity index (χ3n) is 15.4. The summed E-state index contributed by atoms with van der Waals surface area (Å²) in [7, 11) is 0. The summed E-state index contributed by atoms with van der Waals surface area (Å²) in [5.41, 5.74) is 0. The molecule has 9 unspecified atom stereocenters. The fraction of sp³-hybridized carbons (Fsp3) is 0.773. The van der Waals surface area contributed by atoms with Crippen molar-refractivity contribution in [2.75, 3.05) is 78.9 Å². The molecule has 3 aliphatic rings. The molecule has 3 heterocycles. The van der Waals surface area contributed by atoms with Crippen LogP contribution in [0.15, 0.2) is 0 Å². The quantitative estimate of drug-likeness (QED) is 0.0250. The molecule has 37 nitrogen and oxygen atoms in total. The molecule has 0 bridgehead atoms. The van der Waals surface area contributed by atoms with Gasteiger partial charge in [-0.1, -0.05) is 0 Å². The topological polar surface area (TPSA) is 470 Å². The summed E-state index contributed by atoms with van der Waals surface area (Å²) in [4.78, 5) is 187. The van der Waals surface area contributed by atoms with E-state index in [9.17, 15) is 71.9 Å². The number of unbranched alkanes of at least 4 members (excludes halogenated alkanes) is 3. The van der Waals surface area contributed by atoms with Crippen molar-refractivity contribution in [3.05, 3.63) is 0 Å². The zero-order valence-corrected chi connectivity index (χ0v) is 60.8. The lowest BCUT2D eigenvalue weighted by Crippen LogP contribution is -2.66. The minimum Gasteiger partial charge on any atom is -0.463 e. The van der Waals surface area contributed by atoms with E-state index in [1.54, 1.807) is 4.90 Å². The van der Waals surface area contributed by atoms with E-state index in [-0.39, 0.29) is 69.9 Å². The lowest BCUT2D eigenvalue weighted by molar-refractivity contribution is -0.277. The van der Waals surface area contributed by atoms with Crippen molar-refractivity contribution in [1.29, 1.82) is 0 Å². The molecule has 3 fully saturated rings. The maximum Gasteiger partial charge on any atom is 0.303 e. The summed E-state index contributed by atoms with van der Waals surface area (Å²) in [6.45, 7) is 14.8. The minimum atomic E-state index is -1.33. The molecule has 0 aliphatic carbocycles. The number of ether oxygens (including phenoxy) is 15. The first-order chi connectivity index (χ1) is 48.8. The molecule has 3 aliphatic heterocycles. The number of nitrogens with zero attached hydrogens (tertiary/aromatic N) is 1. The molecule has 6 amide bonds. The lowest BCUT2D eigenvalue weighted by Gasteiger charge is -2.44. The second-order valence-electron chi connectivity index (χ2n) is 24.5. The molecule has 3 rings (SSSR count). The highest BCUT2D eigenvalue weighted by Crippen LogP contribution is 2.32. The highest BCUT2D eigenvalue weighted by atomic mass is 16.7. The van der Waals surface area contributed by atoms with E-state index in [2.05, 4.69) is 31.9 Å². The third kappa shape index (κ3) is 35.7. The average molecular weight is 1480 g/mol. The van der Waals surface area contributed by atoms with Crippen LogP contribution < -0.4 is 31.9 Å². The molecule has 15 atom stereocenters. The van der Waals surface area contributed by atoms with Crippen molar-refractivity contribution in [1.82, 2.24) is 36.8 Å². The van der Waals surface area contributed by atoms with Crippen molar-refractivity contribution in [3.63, 3.8) is 0 Å². The number of hydrogen-bond acceptors (Lipinski definition) is 31. The molecule has 6 N–H and O–H groups in total. The van der Waals surface area contributed by atoms with E-state index in [0.29, 0.717) is 84.0 Å². The number of rotatable bonds is 45. The summed E-state index contributed by atoms with van der Waals surface area (Å²) in [5, 5.41) is 17.0. The van der Waals surface area contributed by atoms with E-state index in [1.807, 2.05) is 0 Å². The van der Waals surface area contributed by atoms with Crippen molar-refractivity contribution in [3.8, 4) is 0 Å². The highest BCUT2D eigenvalue weighted by Gasteiger charge is 2.54. The van der Waals surface area contributed by atoms with E-state index < -0.39 is 183 Å². The lowest BCUT2D eigenvalue weighted by atomic mass is 9.96. The predicted octanol–water partition coefficient (Wildman–Crippen LogP) is -0.664. The Morgan fingerprint density at radius 3 is 0.903 bits per heavy atom. The van der Waals surface area contributed by atoms with Crippen LogP contribution >= 0.6 is 0 Å². The van der Waals surface area contributed by atoms with Crippen molar-refractivity contribution in [2.45, 2.75) is 252 Å². The first kappa shape index (κ1) is 89.0. The summed E-state index contributed by atoms with van der Waals surface area (Å²) >= 11 is 0. The fourth-order valence-electron chi connectivity index (χ4n) is 11.2. The Morgan fingerprint density at radius 1 is 0.320 bits per heavy atom. The first-order valence-corrected chi connectivity index (χ1v) is 34.3. The number of carbonyl (C=O) groups excluding carboxylic acids is 15. The van der Waals surface area contributed by atoms with Crippen molar-refractivity contribution in [2.24, 2.45) is 0 Å². The molecule has 0 radical (unpaired) electrons. The normalized spacial score (nSPS) is 24.2. The summed E-state index contributed by atoms with van der Waals surface area (Å²) in [6.07, 6.45) is -11.3. The predicted molar refractivity (Wildman–Crippen MR) is 351 cm³/mol. The van der Waals surface area contributed by atoms with Crippen molar-refractivity contribution >= 4 is 89.2 Å². The van der Waals surface area contributed by atoms with Gasteiger partial charge in [-0.05, 0) is 70.9 Å². The number of esters is 9. The Balaban J connectivity index is 1.59. The average Bonchev–Trinajstić information content (AvgIpc) is 0.802. The third-order valence-corrected chi connectivity index (χ3v) is 15.4. The molecule has 584 valence electrons. The Bertz CT molecular complexity index is 2810. The highest BCUT2D eigenvalue weighted by molar-refractivity contribution is 5.78. The van der Waals surface area contributed by atoms with Crippen LogP contribution in [0, 0.1) is 0 Å². The second kappa shape index (κ2) is 47.9. The number of carbonyl (C=O) groups is 15. The van der Waals surface area contributed by atoms with Gasteiger partial charge in [-0.25, -0.2) is 0 Å². The molecule has 37 heteroatoms. The molecule has 0 aromatic carbocycles. The van der Waals surface area contributed by atoms with Crippen LogP contribution in [-0.4, -0.2) is 265 Å². The van der Waals surface area contributed by atoms with Gasteiger partial charge < -0.3 is 108 Å². The second-order valence-corrected chi connectivity index (χ2v) is 24.5. The molecule has 0 aromatic rings. The Morgan fingerprint density at radius 2 is 0.602 bits per heavy atom. The van der Waals surface area contributed by atoms with Gasteiger partial charge in [0.05, 0.1) is 0 Å². The van der Waals surface area contributed by atoms with E-state index in [4.69, 9.17) is 71.1 Å². The molecule has 0 spiro atoms. The summed E-state index contributed by atoms with van der Waals surface area (Å²) < 4.78 is 84.5. The van der Waals surface area contributed by atoms with Gasteiger partial charge in [0.2, 0.25) is 35.4 Å². The molecule has 3 saturated heterocycles. The first-order valence-electron chi connectivity index (χ1n) is 34.3. The van der Waals surface area contributed by atoms with Crippen LogP contribution in [0.4, 0.5) is 0 Å². The number of hydrogen-bond donors (Lipinski definition) is 6. The smallest absolute Gasteiger partial charge is 0.303 e. The van der Waals surface area contributed by atoms with Crippen LogP contribution in [0.3, 0.4) is 0 Å². The SMILES string of the molecule is CC(=O)NC1C(OC(C)=O)[C@@H](OC(C)=O)C(COC(C)=O)O[C@H]1OCCCCC(=O)NCCCNCCCN(CCCNC(=O)CCCCO[C@@H]1OC(COC(C)=O)[C@H](OC(C)=O)C(OC(C)=O)C1NC(C)=O)C(=O)CCCCO[C@@H]1OC(COC(C)=O)[C@H](OC(C)=O)C(OC(C)=O)C1NC(C)=O. The van der Waals surface area contributed by atoms with Gasteiger partial charge in [0, 0.05) is 148 Å². The van der Waals surface area contributed by atoms with Gasteiger partial charge in [-0.3, -0.25) is 71.9 Å². The molecule has 0 aromatic heterocycles.